The van der Waals surface area contributed by atoms with Crippen molar-refractivity contribution >= 4 is 0 Å². The molecule has 1 aromatic rings. The van der Waals surface area contributed by atoms with Gasteiger partial charge in [-0.15, -0.1) is 0 Å². The van der Waals surface area contributed by atoms with Crippen LogP contribution in [0.2, 0.25) is 0 Å². The molecule has 0 bridgehead atoms. The standard InChI is InChI=1S/C15H24N4O/c20-15-13-5-2-1-4-12(13)14(17-18-15)6-10-19-9-3-7-16-8-11-19/h16H,1-11H2,(H,18,20). The summed E-state index contributed by atoms with van der Waals surface area (Å²) in [5.41, 5.74) is 3.39. The van der Waals surface area contributed by atoms with Crippen molar-refractivity contribution in [1.82, 2.24) is 20.4 Å². The first-order valence-corrected chi connectivity index (χ1v) is 7.87. The summed E-state index contributed by atoms with van der Waals surface area (Å²) in [6.07, 6.45) is 6.46. The largest absolute Gasteiger partial charge is 0.315 e. The predicted molar refractivity (Wildman–Crippen MR) is 79.1 cm³/mol. The molecule has 0 atom stereocenters. The minimum absolute atomic E-state index is 0.0300. The number of rotatable bonds is 3. The lowest BCUT2D eigenvalue weighted by Gasteiger charge is -2.21. The maximum absolute atomic E-state index is 11.8. The maximum atomic E-state index is 11.8. The number of aromatic amines is 1. The zero-order chi connectivity index (χ0) is 13.8. The first-order chi connectivity index (χ1) is 9.84. The third kappa shape index (κ3) is 3.10. The van der Waals surface area contributed by atoms with E-state index >= 15 is 0 Å². The number of aromatic nitrogens is 2. The Labute approximate surface area is 119 Å². The zero-order valence-corrected chi connectivity index (χ0v) is 12.1. The fraction of sp³-hybridized carbons (Fsp3) is 0.733. The van der Waals surface area contributed by atoms with Crippen molar-refractivity contribution in [3.05, 3.63) is 27.2 Å². The highest BCUT2D eigenvalue weighted by atomic mass is 16.1. The van der Waals surface area contributed by atoms with Gasteiger partial charge in [-0.2, -0.15) is 5.10 Å². The Bertz CT molecular complexity index is 503. The van der Waals surface area contributed by atoms with Crippen LogP contribution in [0.15, 0.2) is 4.79 Å². The Balaban J connectivity index is 1.69. The summed E-state index contributed by atoms with van der Waals surface area (Å²) in [6.45, 7) is 5.54. The second kappa shape index (κ2) is 6.50. The van der Waals surface area contributed by atoms with Gasteiger partial charge < -0.3 is 10.2 Å². The highest BCUT2D eigenvalue weighted by Crippen LogP contribution is 2.20. The summed E-state index contributed by atoms with van der Waals surface area (Å²) in [7, 11) is 0. The van der Waals surface area contributed by atoms with Gasteiger partial charge >= 0.3 is 0 Å². The number of hydrogen-bond acceptors (Lipinski definition) is 4. The Morgan fingerprint density at radius 3 is 2.80 bits per heavy atom. The Morgan fingerprint density at radius 1 is 1.05 bits per heavy atom. The van der Waals surface area contributed by atoms with Crippen molar-refractivity contribution in [2.75, 3.05) is 32.7 Å². The predicted octanol–water partition coefficient (Wildman–Crippen LogP) is 0.486. The van der Waals surface area contributed by atoms with E-state index in [4.69, 9.17) is 0 Å². The summed E-state index contributed by atoms with van der Waals surface area (Å²) < 4.78 is 0. The van der Waals surface area contributed by atoms with E-state index in [1.54, 1.807) is 0 Å². The third-order valence-electron chi connectivity index (χ3n) is 4.48. The lowest BCUT2D eigenvalue weighted by Crippen LogP contribution is -2.31. The van der Waals surface area contributed by atoms with Crippen molar-refractivity contribution in [2.24, 2.45) is 0 Å². The van der Waals surface area contributed by atoms with E-state index in [1.807, 2.05) is 0 Å². The van der Waals surface area contributed by atoms with Gasteiger partial charge in [0.05, 0.1) is 5.69 Å². The van der Waals surface area contributed by atoms with Gasteiger partial charge in [0, 0.05) is 31.6 Å². The van der Waals surface area contributed by atoms with Gasteiger partial charge in [-0.05, 0) is 50.8 Å². The Morgan fingerprint density at radius 2 is 1.90 bits per heavy atom. The van der Waals surface area contributed by atoms with Crippen molar-refractivity contribution in [3.8, 4) is 0 Å². The van der Waals surface area contributed by atoms with E-state index < -0.39 is 0 Å². The Kier molecular flexibility index (Phi) is 4.47. The molecule has 0 radical (unpaired) electrons. The first-order valence-electron chi connectivity index (χ1n) is 7.87. The second-order valence-corrected chi connectivity index (χ2v) is 5.86. The topological polar surface area (TPSA) is 61.0 Å². The lowest BCUT2D eigenvalue weighted by atomic mass is 9.91. The number of nitrogens with zero attached hydrogens (tertiary/aromatic N) is 2. The van der Waals surface area contributed by atoms with E-state index in [9.17, 15) is 4.79 Å². The highest BCUT2D eigenvalue weighted by molar-refractivity contribution is 5.30. The fourth-order valence-corrected chi connectivity index (χ4v) is 3.32. The van der Waals surface area contributed by atoms with Crippen LogP contribution in [0.3, 0.4) is 0 Å². The van der Waals surface area contributed by atoms with Crippen LogP contribution >= 0.6 is 0 Å². The van der Waals surface area contributed by atoms with Gasteiger partial charge in [-0.3, -0.25) is 4.79 Å². The van der Waals surface area contributed by atoms with Crippen LogP contribution in [-0.4, -0.2) is 47.8 Å². The molecular weight excluding hydrogens is 252 g/mol. The molecule has 0 unspecified atom stereocenters. The zero-order valence-electron chi connectivity index (χ0n) is 12.1. The van der Waals surface area contributed by atoms with Crippen LogP contribution < -0.4 is 10.9 Å². The van der Waals surface area contributed by atoms with Gasteiger partial charge in [0.25, 0.3) is 5.56 Å². The molecule has 1 aliphatic carbocycles. The molecule has 2 aliphatic rings. The average molecular weight is 276 g/mol. The summed E-state index contributed by atoms with van der Waals surface area (Å²) in [4.78, 5) is 14.3. The molecule has 0 spiro atoms. The molecule has 0 amide bonds. The van der Waals surface area contributed by atoms with Crippen LogP contribution in [-0.2, 0) is 19.3 Å². The summed E-state index contributed by atoms with van der Waals surface area (Å²) in [5.74, 6) is 0. The van der Waals surface area contributed by atoms with Gasteiger partial charge in [-0.25, -0.2) is 5.10 Å². The molecule has 3 rings (SSSR count). The van der Waals surface area contributed by atoms with Gasteiger partial charge in [0.2, 0.25) is 0 Å². The number of H-pyrrole nitrogens is 1. The molecule has 5 nitrogen and oxygen atoms in total. The van der Waals surface area contributed by atoms with Crippen LogP contribution in [0, 0.1) is 0 Å². The molecule has 1 aliphatic heterocycles. The van der Waals surface area contributed by atoms with Crippen LogP contribution in [0.4, 0.5) is 0 Å². The normalized spacial score (nSPS) is 20.4. The first kappa shape index (κ1) is 13.8. The summed E-state index contributed by atoms with van der Waals surface area (Å²) in [5, 5.41) is 10.4. The molecule has 1 saturated heterocycles. The van der Waals surface area contributed by atoms with Crippen molar-refractivity contribution in [3.63, 3.8) is 0 Å². The third-order valence-corrected chi connectivity index (χ3v) is 4.48. The number of hydrogen-bond donors (Lipinski definition) is 2. The van der Waals surface area contributed by atoms with Gasteiger partial charge in [-0.1, -0.05) is 0 Å². The molecule has 2 heterocycles. The molecule has 5 heteroatoms. The minimum Gasteiger partial charge on any atom is -0.315 e. The lowest BCUT2D eigenvalue weighted by molar-refractivity contribution is 0.294. The maximum Gasteiger partial charge on any atom is 0.267 e. The number of nitrogens with one attached hydrogen (secondary N) is 2. The molecular formula is C15H24N4O. The van der Waals surface area contributed by atoms with E-state index in [2.05, 4.69) is 20.4 Å². The molecule has 110 valence electrons. The smallest absolute Gasteiger partial charge is 0.267 e. The van der Waals surface area contributed by atoms with Crippen LogP contribution in [0.1, 0.15) is 36.1 Å². The molecule has 0 aromatic carbocycles. The van der Waals surface area contributed by atoms with Gasteiger partial charge in [0.1, 0.15) is 0 Å². The van der Waals surface area contributed by atoms with Crippen LogP contribution in [0.5, 0.6) is 0 Å². The minimum atomic E-state index is 0.0300. The Hall–Kier alpha value is -1.20. The second-order valence-electron chi connectivity index (χ2n) is 5.86. The fourth-order valence-electron chi connectivity index (χ4n) is 3.32. The summed E-state index contributed by atoms with van der Waals surface area (Å²) in [6, 6.07) is 0. The van der Waals surface area contributed by atoms with Crippen LogP contribution in [0.25, 0.3) is 0 Å². The quantitative estimate of drug-likeness (QED) is 0.843. The van der Waals surface area contributed by atoms with E-state index in [1.165, 1.54) is 24.9 Å². The SMILES string of the molecule is O=c1[nH]nc(CCN2CCCNCC2)c2c1CCCC2. The van der Waals surface area contributed by atoms with Gasteiger partial charge in [0.15, 0.2) is 0 Å². The summed E-state index contributed by atoms with van der Waals surface area (Å²) >= 11 is 0. The molecule has 2 N–H and O–H groups in total. The van der Waals surface area contributed by atoms with E-state index in [0.29, 0.717) is 0 Å². The molecule has 0 saturated carbocycles. The highest BCUT2D eigenvalue weighted by Gasteiger charge is 2.18. The van der Waals surface area contributed by atoms with Crippen molar-refractivity contribution in [1.29, 1.82) is 0 Å². The van der Waals surface area contributed by atoms with Crippen molar-refractivity contribution in [2.45, 2.75) is 38.5 Å². The molecule has 1 fully saturated rings. The monoisotopic (exact) mass is 276 g/mol. The van der Waals surface area contributed by atoms with Crippen molar-refractivity contribution < 1.29 is 0 Å². The van der Waals surface area contributed by atoms with E-state index in [-0.39, 0.29) is 5.56 Å². The molecule has 20 heavy (non-hydrogen) atoms. The average Bonchev–Trinajstić information content (AvgIpc) is 2.76. The van der Waals surface area contributed by atoms with E-state index in [0.717, 1.165) is 63.1 Å². The molecule has 1 aromatic heterocycles. The number of fused-ring (bicyclic) bond motifs is 1.